The van der Waals surface area contributed by atoms with E-state index in [-0.39, 0.29) is 11.5 Å². The van der Waals surface area contributed by atoms with Crippen molar-refractivity contribution < 1.29 is 14.3 Å². The number of hydrogen-bond acceptors (Lipinski definition) is 3. The highest BCUT2D eigenvalue weighted by Gasteiger charge is 2.19. The summed E-state index contributed by atoms with van der Waals surface area (Å²) in [5.74, 6) is -1.02. The number of nitrogens with zero attached hydrogens (tertiary/aromatic N) is 4. The van der Waals surface area contributed by atoms with Gasteiger partial charge in [-0.25, -0.2) is 14.2 Å². The van der Waals surface area contributed by atoms with Crippen molar-refractivity contribution in [2.24, 2.45) is 7.05 Å². The van der Waals surface area contributed by atoms with Gasteiger partial charge in [0.05, 0.1) is 16.7 Å². The van der Waals surface area contributed by atoms with E-state index in [2.05, 4.69) is 10.1 Å². The van der Waals surface area contributed by atoms with Crippen LogP contribution in [0.15, 0.2) is 54.6 Å². The van der Waals surface area contributed by atoms with Gasteiger partial charge in [-0.3, -0.25) is 0 Å². The van der Waals surface area contributed by atoms with E-state index in [0.717, 1.165) is 11.0 Å². The van der Waals surface area contributed by atoms with Crippen LogP contribution in [-0.2, 0) is 7.05 Å². The molecular weight excluding hydrogens is 323 g/mol. The first-order valence-electron chi connectivity index (χ1n) is 7.56. The fourth-order valence-corrected chi connectivity index (χ4v) is 2.79. The second-order valence-corrected chi connectivity index (χ2v) is 5.60. The Morgan fingerprint density at radius 3 is 2.52 bits per heavy atom. The summed E-state index contributed by atoms with van der Waals surface area (Å²) in [6, 6.07) is 14.8. The minimum absolute atomic E-state index is 0.105. The SMILES string of the molecule is Cn1c(-n2nc(C(=O)O)cc2-c2ccc(F)cc2)nc2ccccc21. The van der Waals surface area contributed by atoms with Crippen LogP contribution in [0.2, 0.25) is 0 Å². The Morgan fingerprint density at radius 1 is 1.12 bits per heavy atom. The molecule has 0 aliphatic heterocycles. The minimum atomic E-state index is -1.14. The first kappa shape index (κ1) is 15.1. The lowest BCUT2D eigenvalue weighted by molar-refractivity contribution is 0.0690. The highest BCUT2D eigenvalue weighted by molar-refractivity contribution is 5.87. The van der Waals surface area contributed by atoms with Crippen molar-refractivity contribution in [1.29, 1.82) is 0 Å². The lowest BCUT2D eigenvalue weighted by Crippen LogP contribution is -2.08. The zero-order chi connectivity index (χ0) is 17.6. The second-order valence-electron chi connectivity index (χ2n) is 5.60. The molecule has 0 atom stereocenters. The summed E-state index contributed by atoms with van der Waals surface area (Å²) in [6.45, 7) is 0. The number of benzene rings is 2. The van der Waals surface area contributed by atoms with Gasteiger partial charge in [0.15, 0.2) is 5.69 Å². The maximum absolute atomic E-state index is 13.2. The Morgan fingerprint density at radius 2 is 1.84 bits per heavy atom. The lowest BCUT2D eigenvalue weighted by atomic mass is 10.1. The van der Waals surface area contributed by atoms with Gasteiger partial charge >= 0.3 is 5.97 Å². The van der Waals surface area contributed by atoms with Gasteiger partial charge in [0.2, 0.25) is 5.95 Å². The summed E-state index contributed by atoms with van der Waals surface area (Å²) in [5, 5.41) is 13.5. The van der Waals surface area contributed by atoms with Crippen molar-refractivity contribution in [3.63, 3.8) is 0 Å². The molecule has 4 rings (SSSR count). The molecule has 0 unspecified atom stereocenters. The van der Waals surface area contributed by atoms with Gasteiger partial charge in [0.1, 0.15) is 5.82 Å². The summed E-state index contributed by atoms with van der Waals surface area (Å²) in [7, 11) is 1.83. The molecule has 25 heavy (non-hydrogen) atoms. The van der Waals surface area contributed by atoms with Crippen LogP contribution in [0.25, 0.3) is 28.2 Å². The minimum Gasteiger partial charge on any atom is -0.476 e. The molecule has 0 bridgehead atoms. The van der Waals surface area contributed by atoms with Crippen LogP contribution in [0.5, 0.6) is 0 Å². The number of aromatic carboxylic acids is 1. The van der Waals surface area contributed by atoms with Crippen LogP contribution < -0.4 is 0 Å². The van der Waals surface area contributed by atoms with E-state index < -0.39 is 5.97 Å². The van der Waals surface area contributed by atoms with Crippen molar-refractivity contribution >= 4 is 17.0 Å². The average Bonchev–Trinajstić information content (AvgIpc) is 3.18. The molecule has 2 aromatic carbocycles. The number of carbonyl (C=O) groups is 1. The van der Waals surface area contributed by atoms with Gasteiger partial charge in [-0.2, -0.15) is 9.78 Å². The standard InChI is InChI=1S/C18H13FN4O2/c1-22-15-5-3-2-4-13(15)20-18(22)23-16(10-14(21-23)17(24)25)11-6-8-12(19)9-7-11/h2-10H,1H3,(H,24,25). The molecule has 2 aromatic heterocycles. The second kappa shape index (κ2) is 5.55. The number of rotatable bonds is 3. The number of para-hydroxylation sites is 2. The van der Waals surface area contributed by atoms with E-state index in [9.17, 15) is 14.3 Å². The molecule has 4 aromatic rings. The van der Waals surface area contributed by atoms with E-state index in [4.69, 9.17) is 0 Å². The van der Waals surface area contributed by atoms with Crippen LogP contribution in [0.3, 0.4) is 0 Å². The summed E-state index contributed by atoms with van der Waals surface area (Å²) in [6.07, 6.45) is 0. The molecule has 0 radical (unpaired) electrons. The molecule has 7 heteroatoms. The van der Waals surface area contributed by atoms with Crippen LogP contribution in [0, 0.1) is 5.82 Å². The predicted molar refractivity (Wildman–Crippen MR) is 90.2 cm³/mol. The summed E-state index contributed by atoms with van der Waals surface area (Å²) < 4.78 is 16.5. The van der Waals surface area contributed by atoms with Crippen LogP contribution >= 0.6 is 0 Å². The van der Waals surface area contributed by atoms with Gasteiger partial charge in [-0.15, -0.1) is 0 Å². The van der Waals surface area contributed by atoms with Crippen LogP contribution in [0.4, 0.5) is 4.39 Å². The number of aromatic nitrogens is 4. The van der Waals surface area contributed by atoms with Gasteiger partial charge in [-0.1, -0.05) is 12.1 Å². The number of halogens is 1. The van der Waals surface area contributed by atoms with Crippen molar-refractivity contribution in [3.05, 3.63) is 66.1 Å². The molecule has 0 saturated heterocycles. The van der Waals surface area contributed by atoms with E-state index in [1.807, 2.05) is 35.9 Å². The molecular formula is C18H13FN4O2. The fraction of sp³-hybridized carbons (Fsp3) is 0.0556. The van der Waals surface area contributed by atoms with Gasteiger partial charge in [0, 0.05) is 12.6 Å². The monoisotopic (exact) mass is 336 g/mol. The number of aryl methyl sites for hydroxylation is 1. The van der Waals surface area contributed by atoms with E-state index in [1.165, 1.54) is 22.9 Å². The molecule has 0 saturated carbocycles. The Kier molecular flexibility index (Phi) is 3.35. The lowest BCUT2D eigenvalue weighted by Gasteiger charge is -2.07. The largest absolute Gasteiger partial charge is 0.476 e. The third-order valence-corrected chi connectivity index (χ3v) is 4.02. The molecule has 6 nitrogen and oxygen atoms in total. The van der Waals surface area contributed by atoms with E-state index >= 15 is 0 Å². The number of hydrogen-bond donors (Lipinski definition) is 1. The molecule has 0 amide bonds. The molecule has 2 heterocycles. The van der Waals surface area contributed by atoms with Gasteiger partial charge < -0.3 is 9.67 Å². The molecule has 124 valence electrons. The number of fused-ring (bicyclic) bond motifs is 1. The van der Waals surface area contributed by atoms with Gasteiger partial charge in [0.25, 0.3) is 0 Å². The number of imidazole rings is 1. The molecule has 0 aliphatic rings. The quantitative estimate of drug-likeness (QED) is 0.623. The molecule has 0 spiro atoms. The maximum atomic E-state index is 13.2. The summed E-state index contributed by atoms with van der Waals surface area (Å²) in [5.41, 5.74) is 2.74. The highest BCUT2D eigenvalue weighted by Crippen LogP contribution is 2.26. The molecule has 0 aliphatic carbocycles. The topological polar surface area (TPSA) is 72.9 Å². The van der Waals surface area contributed by atoms with Crippen molar-refractivity contribution in [1.82, 2.24) is 19.3 Å². The fourth-order valence-electron chi connectivity index (χ4n) is 2.79. The Labute approximate surface area is 141 Å². The first-order valence-corrected chi connectivity index (χ1v) is 7.56. The molecule has 0 fully saturated rings. The summed E-state index contributed by atoms with van der Waals surface area (Å²) >= 11 is 0. The van der Waals surface area contributed by atoms with Crippen LogP contribution in [0.1, 0.15) is 10.5 Å². The first-order chi connectivity index (χ1) is 12.0. The van der Waals surface area contributed by atoms with Crippen molar-refractivity contribution in [2.45, 2.75) is 0 Å². The third-order valence-electron chi connectivity index (χ3n) is 4.02. The maximum Gasteiger partial charge on any atom is 0.356 e. The van der Waals surface area contributed by atoms with Gasteiger partial charge in [-0.05, 0) is 42.5 Å². The zero-order valence-electron chi connectivity index (χ0n) is 13.2. The smallest absolute Gasteiger partial charge is 0.356 e. The van der Waals surface area contributed by atoms with Crippen molar-refractivity contribution in [2.75, 3.05) is 0 Å². The Balaban J connectivity index is 1.98. The molecule has 1 N–H and O–H groups in total. The normalized spacial score (nSPS) is 11.1. The Bertz CT molecular complexity index is 1100. The highest BCUT2D eigenvalue weighted by atomic mass is 19.1. The van der Waals surface area contributed by atoms with E-state index in [0.29, 0.717) is 17.2 Å². The number of carboxylic acid groups (broad SMARTS) is 1. The van der Waals surface area contributed by atoms with Crippen LogP contribution in [-0.4, -0.2) is 30.4 Å². The number of carboxylic acids is 1. The summed E-state index contributed by atoms with van der Waals surface area (Å²) in [4.78, 5) is 15.9. The Hall–Kier alpha value is -3.48. The van der Waals surface area contributed by atoms with Crippen molar-refractivity contribution in [3.8, 4) is 17.2 Å². The average molecular weight is 336 g/mol. The van der Waals surface area contributed by atoms with E-state index in [1.54, 1.807) is 12.1 Å². The zero-order valence-corrected chi connectivity index (χ0v) is 13.2. The third kappa shape index (κ3) is 2.46. The predicted octanol–water partition coefficient (Wildman–Crippen LogP) is 3.26.